The fourth-order valence-corrected chi connectivity index (χ4v) is 1.39. The summed E-state index contributed by atoms with van der Waals surface area (Å²) in [6.07, 6.45) is 10.3. The Balaban J connectivity index is 0.000000671. The van der Waals surface area contributed by atoms with Crippen LogP contribution in [0.5, 0.6) is 0 Å². The minimum atomic E-state index is 0.885. The maximum atomic E-state index is 5.95. The quantitative estimate of drug-likeness (QED) is 0.628. The maximum absolute atomic E-state index is 5.95. The molecule has 1 aromatic carbocycles. The minimum Gasteiger partial charge on any atom is -0.124 e. The fraction of sp³-hybridized carbons (Fsp3) is 0.333. The first-order chi connectivity index (χ1) is 6.25. The summed E-state index contributed by atoms with van der Waals surface area (Å²) in [7, 11) is 0. The highest BCUT2D eigenvalue weighted by molar-refractivity contribution is 6.31. The monoisotopic (exact) mass is 194 g/mol. The van der Waals surface area contributed by atoms with Crippen molar-refractivity contribution in [2.45, 2.75) is 26.7 Å². The summed E-state index contributed by atoms with van der Waals surface area (Å²) in [6, 6.07) is 6.10. The summed E-state index contributed by atoms with van der Waals surface area (Å²) in [5, 5.41) is 0.885. The molecule has 0 heterocycles. The number of hydrogen-bond acceptors (Lipinski definition) is 0. The zero-order chi connectivity index (χ0) is 10.3. The average molecular weight is 195 g/mol. The summed E-state index contributed by atoms with van der Waals surface area (Å²) in [5.41, 5.74) is 2.61. The standard InChI is InChI=1S/C10H13Cl.C2H2/c1-3-5-9-6-4-7-10(11)8(9)2;1-2/h4,6-7H,3,5H2,1-2H3;1-2H. The van der Waals surface area contributed by atoms with Crippen LogP contribution in [0, 0.1) is 19.8 Å². The molecule has 1 aromatic rings. The van der Waals surface area contributed by atoms with Crippen molar-refractivity contribution in [3.05, 3.63) is 34.3 Å². The van der Waals surface area contributed by atoms with Gasteiger partial charge in [0, 0.05) is 5.02 Å². The Kier molecular flexibility index (Phi) is 6.10. The third kappa shape index (κ3) is 3.53. The lowest BCUT2D eigenvalue weighted by molar-refractivity contribution is 0.913. The van der Waals surface area contributed by atoms with Crippen LogP contribution in [0.1, 0.15) is 24.5 Å². The summed E-state index contributed by atoms with van der Waals surface area (Å²) in [4.78, 5) is 0. The van der Waals surface area contributed by atoms with Crippen LogP contribution in [0.4, 0.5) is 0 Å². The first kappa shape index (κ1) is 12.1. The van der Waals surface area contributed by atoms with Crippen LogP contribution in [0.15, 0.2) is 18.2 Å². The number of halogens is 1. The minimum absolute atomic E-state index is 0.885. The van der Waals surface area contributed by atoms with Gasteiger partial charge in [0.1, 0.15) is 0 Å². The Hall–Kier alpha value is -0.930. The van der Waals surface area contributed by atoms with Gasteiger partial charge in [-0.3, -0.25) is 0 Å². The number of benzene rings is 1. The van der Waals surface area contributed by atoms with Gasteiger partial charge < -0.3 is 0 Å². The summed E-state index contributed by atoms with van der Waals surface area (Å²) in [6.45, 7) is 4.26. The molecule has 0 spiro atoms. The summed E-state index contributed by atoms with van der Waals surface area (Å²) in [5.74, 6) is 0. The van der Waals surface area contributed by atoms with E-state index in [9.17, 15) is 0 Å². The van der Waals surface area contributed by atoms with E-state index < -0.39 is 0 Å². The Bertz CT molecular complexity index is 274. The molecule has 13 heavy (non-hydrogen) atoms. The molecule has 0 aliphatic rings. The van der Waals surface area contributed by atoms with Crippen LogP contribution >= 0.6 is 11.6 Å². The van der Waals surface area contributed by atoms with E-state index in [4.69, 9.17) is 11.6 Å². The number of terminal acetylenes is 1. The van der Waals surface area contributed by atoms with Gasteiger partial charge in [0.15, 0.2) is 0 Å². The largest absolute Gasteiger partial charge is 0.124 e. The molecular weight excluding hydrogens is 180 g/mol. The van der Waals surface area contributed by atoms with Gasteiger partial charge in [-0.25, -0.2) is 0 Å². The normalized spacial score (nSPS) is 8.69. The topological polar surface area (TPSA) is 0 Å². The van der Waals surface area contributed by atoms with Gasteiger partial charge in [-0.1, -0.05) is 37.1 Å². The van der Waals surface area contributed by atoms with Gasteiger partial charge in [-0.05, 0) is 30.5 Å². The van der Waals surface area contributed by atoms with Crippen LogP contribution in [0.2, 0.25) is 5.02 Å². The van der Waals surface area contributed by atoms with E-state index in [0.717, 1.165) is 11.4 Å². The molecule has 0 atom stereocenters. The molecule has 70 valence electrons. The molecule has 0 radical (unpaired) electrons. The van der Waals surface area contributed by atoms with Crippen LogP contribution in [-0.2, 0) is 6.42 Å². The third-order valence-electron chi connectivity index (χ3n) is 1.90. The molecule has 1 rings (SSSR count). The highest BCUT2D eigenvalue weighted by atomic mass is 35.5. The van der Waals surface area contributed by atoms with Crippen molar-refractivity contribution in [1.82, 2.24) is 0 Å². The molecule has 0 fully saturated rings. The van der Waals surface area contributed by atoms with Gasteiger partial charge in [0.2, 0.25) is 0 Å². The van der Waals surface area contributed by atoms with Gasteiger partial charge >= 0.3 is 0 Å². The van der Waals surface area contributed by atoms with Gasteiger partial charge in [0.25, 0.3) is 0 Å². The van der Waals surface area contributed by atoms with Gasteiger partial charge in [-0.2, -0.15) is 0 Å². The van der Waals surface area contributed by atoms with E-state index in [1.54, 1.807) is 0 Å². The maximum Gasteiger partial charge on any atom is 0.0437 e. The molecule has 0 bridgehead atoms. The second-order valence-electron chi connectivity index (χ2n) is 2.77. The molecule has 0 aliphatic heterocycles. The van der Waals surface area contributed by atoms with Crippen molar-refractivity contribution < 1.29 is 0 Å². The van der Waals surface area contributed by atoms with E-state index in [1.807, 2.05) is 12.1 Å². The SMILES string of the molecule is C#C.CCCc1cccc(Cl)c1C. The Labute approximate surface area is 85.9 Å². The zero-order valence-electron chi connectivity index (χ0n) is 8.18. The van der Waals surface area contributed by atoms with Crippen molar-refractivity contribution in [1.29, 1.82) is 0 Å². The smallest absolute Gasteiger partial charge is 0.0437 e. The molecule has 1 heteroatoms. The lowest BCUT2D eigenvalue weighted by Gasteiger charge is -2.04. The molecule has 0 unspecified atom stereocenters. The summed E-state index contributed by atoms with van der Waals surface area (Å²) < 4.78 is 0. The van der Waals surface area contributed by atoms with Gasteiger partial charge in [0.05, 0.1) is 0 Å². The number of aryl methyl sites for hydroxylation is 1. The third-order valence-corrected chi connectivity index (χ3v) is 2.31. The second-order valence-corrected chi connectivity index (χ2v) is 3.18. The Morgan fingerprint density at radius 1 is 1.31 bits per heavy atom. The molecule has 0 amide bonds. The molecule has 0 saturated heterocycles. The number of hydrogen-bond donors (Lipinski definition) is 0. The van der Waals surface area contributed by atoms with E-state index in [0.29, 0.717) is 0 Å². The molecule has 0 saturated carbocycles. The van der Waals surface area contributed by atoms with Crippen LogP contribution in [0.3, 0.4) is 0 Å². The van der Waals surface area contributed by atoms with Crippen molar-refractivity contribution >= 4 is 11.6 Å². The van der Waals surface area contributed by atoms with Crippen LogP contribution in [-0.4, -0.2) is 0 Å². The highest BCUT2D eigenvalue weighted by Gasteiger charge is 1.99. The zero-order valence-corrected chi connectivity index (χ0v) is 8.93. The lowest BCUT2D eigenvalue weighted by atomic mass is 10.0. The molecule has 0 nitrogen and oxygen atoms in total. The Morgan fingerprint density at radius 3 is 2.46 bits per heavy atom. The van der Waals surface area contributed by atoms with Crippen LogP contribution < -0.4 is 0 Å². The first-order valence-electron chi connectivity index (χ1n) is 4.33. The van der Waals surface area contributed by atoms with E-state index in [-0.39, 0.29) is 0 Å². The molecule has 0 aromatic heterocycles. The Morgan fingerprint density at radius 2 is 1.92 bits per heavy atom. The number of rotatable bonds is 2. The molecular formula is C12H15Cl. The first-order valence-corrected chi connectivity index (χ1v) is 4.70. The predicted octanol–water partition coefficient (Wildman–Crippen LogP) is 3.85. The fourth-order valence-electron chi connectivity index (χ4n) is 1.19. The highest BCUT2D eigenvalue weighted by Crippen LogP contribution is 2.19. The van der Waals surface area contributed by atoms with Gasteiger partial charge in [-0.15, -0.1) is 12.8 Å². The van der Waals surface area contributed by atoms with Crippen molar-refractivity contribution in [2.75, 3.05) is 0 Å². The van der Waals surface area contributed by atoms with Crippen molar-refractivity contribution in [2.24, 2.45) is 0 Å². The predicted molar refractivity (Wildman–Crippen MR) is 60.1 cm³/mol. The summed E-state index contributed by atoms with van der Waals surface area (Å²) >= 11 is 5.95. The van der Waals surface area contributed by atoms with Crippen molar-refractivity contribution in [3.63, 3.8) is 0 Å². The molecule has 0 N–H and O–H groups in total. The lowest BCUT2D eigenvalue weighted by Crippen LogP contribution is -1.88. The van der Waals surface area contributed by atoms with E-state index in [1.165, 1.54) is 17.5 Å². The average Bonchev–Trinajstić information content (AvgIpc) is 2.17. The molecule has 0 aliphatic carbocycles. The van der Waals surface area contributed by atoms with Crippen LogP contribution in [0.25, 0.3) is 0 Å². The van der Waals surface area contributed by atoms with Crippen molar-refractivity contribution in [3.8, 4) is 12.8 Å². The second kappa shape index (κ2) is 6.57. The van der Waals surface area contributed by atoms with E-state index >= 15 is 0 Å². The van der Waals surface area contributed by atoms with E-state index in [2.05, 4.69) is 32.8 Å².